The Kier molecular flexibility index (Phi) is 4.03. The first-order chi connectivity index (χ1) is 10.1. The molecular formula is C14H21N5O2. The van der Waals surface area contributed by atoms with Crippen LogP contribution in [0.1, 0.15) is 36.1 Å². The lowest BCUT2D eigenvalue weighted by atomic mass is 10.2. The third kappa shape index (κ3) is 3.30. The Morgan fingerprint density at radius 3 is 2.48 bits per heavy atom. The van der Waals surface area contributed by atoms with Crippen LogP contribution in [0.4, 0.5) is 0 Å². The van der Waals surface area contributed by atoms with Gasteiger partial charge < -0.3 is 9.05 Å². The Hall–Kier alpha value is -1.73. The molecule has 0 aromatic carbocycles. The number of rotatable bonds is 4. The molecule has 0 unspecified atom stereocenters. The molecule has 7 nitrogen and oxygen atoms in total. The van der Waals surface area contributed by atoms with Crippen LogP contribution in [-0.2, 0) is 6.54 Å². The number of hydrogen-bond acceptors (Lipinski definition) is 7. The maximum atomic E-state index is 5.27. The standard InChI is InChI=1S/C14H21N5O2/c1-10-8-13(20-16-10)9-18-4-6-19(7-5-18)11(2)14-15-12(3)17-21-14/h8,11H,4-7,9H2,1-3H3/t11-/m0/s1. The summed E-state index contributed by atoms with van der Waals surface area (Å²) in [5.74, 6) is 2.32. The minimum atomic E-state index is 0.167. The molecule has 1 fully saturated rings. The highest BCUT2D eigenvalue weighted by Gasteiger charge is 2.25. The van der Waals surface area contributed by atoms with Gasteiger partial charge in [-0.25, -0.2) is 0 Å². The average Bonchev–Trinajstić information content (AvgIpc) is 3.08. The fourth-order valence-electron chi connectivity index (χ4n) is 2.66. The third-order valence-electron chi connectivity index (χ3n) is 3.91. The highest BCUT2D eigenvalue weighted by atomic mass is 16.5. The maximum Gasteiger partial charge on any atom is 0.243 e. The monoisotopic (exact) mass is 291 g/mol. The van der Waals surface area contributed by atoms with Crippen molar-refractivity contribution in [1.82, 2.24) is 25.1 Å². The summed E-state index contributed by atoms with van der Waals surface area (Å²) < 4.78 is 10.5. The molecule has 1 saturated heterocycles. The van der Waals surface area contributed by atoms with Crippen LogP contribution in [0, 0.1) is 13.8 Å². The largest absolute Gasteiger partial charge is 0.360 e. The van der Waals surface area contributed by atoms with Gasteiger partial charge in [-0.3, -0.25) is 9.80 Å². The summed E-state index contributed by atoms with van der Waals surface area (Å²) in [6, 6.07) is 2.16. The molecule has 7 heteroatoms. The molecule has 0 spiro atoms. The van der Waals surface area contributed by atoms with Crippen LogP contribution in [0.15, 0.2) is 15.1 Å². The fourth-order valence-corrected chi connectivity index (χ4v) is 2.66. The molecule has 1 aliphatic rings. The van der Waals surface area contributed by atoms with Gasteiger partial charge in [0.25, 0.3) is 0 Å². The lowest BCUT2D eigenvalue weighted by Crippen LogP contribution is -2.46. The summed E-state index contributed by atoms with van der Waals surface area (Å²) in [6.07, 6.45) is 0. The summed E-state index contributed by atoms with van der Waals surface area (Å²) in [6.45, 7) is 10.7. The van der Waals surface area contributed by atoms with Gasteiger partial charge in [-0.15, -0.1) is 0 Å². The zero-order valence-electron chi connectivity index (χ0n) is 12.7. The molecule has 0 aliphatic carbocycles. The molecule has 2 aromatic heterocycles. The Bertz CT molecular complexity index is 586. The van der Waals surface area contributed by atoms with E-state index in [0.717, 1.165) is 44.2 Å². The fraction of sp³-hybridized carbons (Fsp3) is 0.643. The quantitative estimate of drug-likeness (QED) is 0.846. The number of piperazine rings is 1. The van der Waals surface area contributed by atoms with Gasteiger partial charge in [0.15, 0.2) is 11.6 Å². The van der Waals surface area contributed by atoms with Gasteiger partial charge in [-0.05, 0) is 20.8 Å². The molecule has 0 bridgehead atoms. The van der Waals surface area contributed by atoms with Crippen molar-refractivity contribution in [3.63, 3.8) is 0 Å². The Morgan fingerprint density at radius 2 is 1.90 bits per heavy atom. The second-order valence-electron chi connectivity index (χ2n) is 5.60. The topological polar surface area (TPSA) is 71.4 Å². The maximum absolute atomic E-state index is 5.27. The summed E-state index contributed by atoms with van der Waals surface area (Å²) in [4.78, 5) is 9.07. The molecule has 1 atom stereocenters. The van der Waals surface area contributed by atoms with E-state index in [9.17, 15) is 0 Å². The molecule has 3 rings (SSSR count). The van der Waals surface area contributed by atoms with E-state index in [1.54, 1.807) is 0 Å². The van der Waals surface area contributed by atoms with Crippen LogP contribution >= 0.6 is 0 Å². The van der Waals surface area contributed by atoms with Crippen LogP contribution in [0.25, 0.3) is 0 Å². The van der Waals surface area contributed by atoms with E-state index in [-0.39, 0.29) is 6.04 Å². The SMILES string of the molecule is Cc1cc(CN2CCN([C@@H](C)c3nc(C)no3)CC2)on1. The van der Waals surface area contributed by atoms with Gasteiger partial charge in [0, 0.05) is 32.2 Å². The molecule has 0 amide bonds. The molecule has 1 aliphatic heterocycles. The zero-order valence-corrected chi connectivity index (χ0v) is 12.7. The van der Waals surface area contributed by atoms with E-state index in [0.29, 0.717) is 11.7 Å². The second-order valence-corrected chi connectivity index (χ2v) is 5.60. The predicted molar refractivity (Wildman–Crippen MR) is 75.5 cm³/mol. The second kappa shape index (κ2) is 5.95. The van der Waals surface area contributed by atoms with Crippen molar-refractivity contribution in [2.24, 2.45) is 0 Å². The summed E-state index contributed by atoms with van der Waals surface area (Å²) in [5.41, 5.74) is 0.934. The number of aromatic nitrogens is 3. The van der Waals surface area contributed by atoms with Gasteiger partial charge in [0.2, 0.25) is 5.89 Å². The van der Waals surface area contributed by atoms with Crippen molar-refractivity contribution in [3.8, 4) is 0 Å². The number of aryl methyl sites for hydroxylation is 2. The van der Waals surface area contributed by atoms with Crippen LogP contribution in [0.3, 0.4) is 0 Å². The molecule has 114 valence electrons. The van der Waals surface area contributed by atoms with Crippen molar-refractivity contribution in [3.05, 3.63) is 29.2 Å². The van der Waals surface area contributed by atoms with Gasteiger partial charge in [-0.1, -0.05) is 10.3 Å². The minimum absolute atomic E-state index is 0.167. The molecule has 21 heavy (non-hydrogen) atoms. The van der Waals surface area contributed by atoms with E-state index in [1.165, 1.54) is 0 Å². The Labute approximate surface area is 123 Å². The lowest BCUT2D eigenvalue weighted by Gasteiger charge is -2.36. The number of hydrogen-bond donors (Lipinski definition) is 0. The van der Waals surface area contributed by atoms with E-state index < -0.39 is 0 Å². The van der Waals surface area contributed by atoms with Crippen molar-refractivity contribution in [2.45, 2.75) is 33.4 Å². The van der Waals surface area contributed by atoms with Crippen molar-refractivity contribution in [1.29, 1.82) is 0 Å². The normalized spacial score (nSPS) is 19.0. The first-order valence-corrected chi connectivity index (χ1v) is 7.30. The minimum Gasteiger partial charge on any atom is -0.360 e. The summed E-state index contributed by atoms with van der Waals surface area (Å²) >= 11 is 0. The highest BCUT2D eigenvalue weighted by molar-refractivity contribution is 5.03. The first-order valence-electron chi connectivity index (χ1n) is 7.30. The lowest BCUT2D eigenvalue weighted by molar-refractivity contribution is 0.0795. The Morgan fingerprint density at radius 1 is 1.14 bits per heavy atom. The summed E-state index contributed by atoms with van der Waals surface area (Å²) in [5, 5.41) is 7.79. The molecule has 3 heterocycles. The third-order valence-corrected chi connectivity index (χ3v) is 3.91. The first kappa shape index (κ1) is 14.2. The smallest absolute Gasteiger partial charge is 0.243 e. The molecule has 0 saturated carbocycles. The highest BCUT2D eigenvalue weighted by Crippen LogP contribution is 2.20. The number of nitrogens with zero attached hydrogens (tertiary/aromatic N) is 5. The average molecular weight is 291 g/mol. The summed E-state index contributed by atoms with van der Waals surface area (Å²) in [7, 11) is 0. The van der Waals surface area contributed by atoms with Crippen molar-refractivity contribution < 1.29 is 9.05 Å². The molecule has 0 radical (unpaired) electrons. The van der Waals surface area contributed by atoms with Gasteiger partial charge in [-0.2, -0.15) is 4.98 Å². The van der Waals surface area contributed by atoms with E-state index in [1.807, 2.05) is 19.9 Å². The van der Waals surface area contributed by atoms with Gasteiger partial charge >= 0.3 is 0 Å². The predicted octanol–water partition coefficient (Wildman–Crippen LogP) is 1.55. The van der Waals surface area contributed by atoms with Gasteiger partial charge in [0.1, 0.15) is 0 Å². The van der Waals surface area contributed by atoms with Crippen LogP contribution in [0.5, 0.6) is 0 Å². The van der Waals surface area contributed by atoms with Gasteiger partial charge in [0.05, 0.1) is 18.3 Å². The molecule has 2 aromatic rings. The van der Waals surface area contributed by atoms with Crippen molar-refractivity contribution >= 4 is 0 Å². The van der Waals surface area contributed by atoms with E-state index in [2.05, 4.69) is 32.0 Å². The van der Waals surface area contributed by atoms with E-state index in [4.69, 9.17) is 9.05 Å². The Balaban J connectivity index is 1.52. The zero-order chi connectivity index (χ0) is 14.8. The van der Waals surface area contributed by atoms with Crippen LogP contribution < -0.4 is 0 Å². The molecule has 0 N–H and O–H groups in total. The van der Waals surface area contributed by atoms with Crippen LogP contribution in [0.2, 0.25) is 0 Å². The van der Waals surface area contributed by atoms with Crippen molar-refractivity contribution in [2.75, 3.05) is 26.2 Å². The molecular weight excluding hydrogens is 270 g/mol. The van der Waals surface area contributed by atoms with E-state index >= 15 is 0 Å². The van der Waals surface area contributed by atoms with Crippen LogP contribution in [-0.4, -0.2) is 51.3 Å².